The molecule has 0 radical (unpaired) electrons. The van der Waals surface area contributed by atoms with E-state index < -0.39 is 0 Å². The third kappa shape index (κ3) is 3.13. The maximum atomic E-state index is 12.1. The number of nitrogens with one attached hydrogen (secondary N) is 2. The summed E-state index contributed by atoms with van der Waals surface area (Å²) in [5.74, 6) is 0.606. The summed E-state index contributed by atoms with van der Waals surface area (Å²) in [5.41, 5.74) is 2.05. The molecule has 5 heteroatoms. The number of Topliss-reactive ketones (excluding diaryl/α,β-unsaturated/α-hetero) is 1. The third-order valence-corrected chi connectivity index (χ3v) is 3.72. The molecule has 0 spiro atoms. The predicted molar refractivity (Wildman–Crippen MR) is 90.8 cm³/mol. The molecular weight excluding hydrogens is 290 g/mol. The lowest BCUT2D eigenvalue weighted by Gasteiger charge is -2.15. The van der Waals surface area contributed by atoms with E-state index in [0.29, 0.717) is 22.3 Å². The molecule has 0 saturated carbocycles. The van der Waals surface area contributed by atoms with Gasteiger partial charge in [-0.15, -0.1) is 0 Å². The first-order valence-corrected chi connectivity index (χ1v) is 7.41. The van der Waals surface area contributed by atoms with Gasteiger partial charge in [0.1, 0.15) is 5.82 Å². The highest BCUT2D eigenvalue weighted by molar-refractivity contribution is 5.94. The van der Waals surface area contributed by atoms with Crippen molar-refractivity contribution in [3.8, 4) is 0 Å². The van der Waals surface area contributed by atoms with Crippen LogP contribution in [0.2, 0.25) is 0 Å². The highest BCUT2D eigenvalue weighted by Gasteiger charge is 2.11. The smallest absolute Gasteiger partial charge is 0.258 e. The first kappa shape index (κ1) is 15.0. The fourth-order valence-electron chi connectivity index (χ4n) is 2.43. The van der Waals surface area contributed by atoms with E-state index >= 15 is 0 Å². The zero-order valence-electron chi connectivity index (χ0n) is 13.0. The Morgan fingerprint density at radius 3 is 2.52 bits per heavy atom. The van der Waals surface area contributed by atoms with E-state index in [9.17, 15) is 9.59 Å². The zero-order valence-corrected chi connectivity index (χ0v) is 13.0. The predicted octanol–water partition coefficient (Wildman–Crippen LogP) is 3.30. The van der Waals surface area contributed by atoms with Crippen LogP contribution in [-0.4, -0.2) is 15.8 Å². The molecule has 2 N–H and O–H groups in total. The molecule has 23 heavy (non-hydrogen) atoms. The Bertz CT molecular complexity index is 913. The number of hydrogen-bond acceptors (Lipinski definition) is 4. The lowest BCUT2D eigenvalue weighted by atomic mass is 10.1. The molecule has 116 valence electrons. The quantitative estimate of drug-likeness (QED) is 0.725. The summed E-state index contributed by atoms with van der Waals surface area (Å²) >= 11 is 0. The molecule has 0 aliphatic rings. The molecule has 0 saturated heterocycles. The van der Waals surface area contributed by atoms with E-state index in [-0.39, 0.29) is 17.4 Å². The van der Waals surface area contributed by atoms with Crippen LogP contribution in [0.4, 0.5) is 5.69 Å². The van der Waals surface area contributed by atoms with Crippen LogP contribution < -0.4 is 10.9 Å². The van der Waals surface area contributed by atoms with Crippen molar-refractivity contribution in [3.63, 3.8) is 0 Å². The number of aromatic nitrogens is 2. The number of rotatable bonds is 4. The second-order valence-electron chi connectivity index (χ2n) is 5.47. The summed E-state index contributed by atoms with van der Waals surface area (Å²) in [4.78, 5) is 30.7. The molecule has 0 aliphatic carbocycles. The Kier molecular flexibility index (Phi) is 3.93. The number of aromatic amines is 1. The normalized spacial score (nSPS) is 12.1. The van der Waals surface area contributed by atoms with E-state index in [2.05, 4.69) is 15.3 Å². The summed E-state index contributed by atoms with van der Waals surface area (Å²) in [6, 6.07) is 14.3. The molecule has 0 fully saturated rings. The van der Waals surface area contributed by atoms with Crippen LogP contribution in [-0.2, 0) is 0 Å². The largest absolute Gasteiger partial charge is 0.375 e. The van der Waals surface area contributed by atoms with E-state index in [1.165, 1.54) is 6.92 Å². The van der Waals surface area contributed by atoms with Crippen LogP contribution in [0.5, 0.6) is 0 Å². The van der Waals surface area contributed by atoms with Gasteiger partial charge in [0.25, 0.3) is 5.56 Å². The number of fused-ring (bicyclic) bond motifs is 1. The number of anilines is 1. The number of para-hydroxylation sites is 1. The minimum atomic E-state index is -0.171. The molecule has 5 nitrogen and oxygen atoms in total. The second-order valence-corrected chi connectivity index (χ2v) is 5.47. The molecule has 3 aromatic rings. The average Bonchev–Trinajstić information content (AvgIpc) is 2.55. The maximum absolute atomic E-state index is 12.1. The Labute approximate surface area is 133 Å². The van der Waals surface area contributed by atoms with Gasteiger partial charge in [0.2, 0.25) is 0 Å². The summed E-state index contributed by atoms with van der Waals surface area (Å²) in [6.07, 6.45) is 0. The molecule has 2 aromatic carbocycles. The molecule has 0 aliphatic heterocycles. The van der Waals surface area contributed by atoms with Crippen molar-refractivity contribution in [2.24, 2.45) is 0 Å². The molecular formula is C18H17N3O2. The van der Waals surface area contributed by atoms with Crippen molar-refractivity contribution >= 4 is 22.4 Å². The van der Waals surface area contributed by atoms with Gasteiger partial charge in [0.05, 0.1) is 16.9 Å². The van der Waals surface area contributed by atoms with E-state index in [1.54, 1.807) is 18.2 Å². The van der Waals surface area contributed by atoms with Crippen LogP contribution in [0.25, 0.3) is 10.9 Å². The van der Waals surface area contributed by atoms with Gasteiger partial charge in [0, 0.05) is 11.3 Å². The van der Waals surface area contributed by atoms with Gasteiger partial charge >= 0.3 is 0 Å². The first-order chi connectivity index (χ1) is 11.0. The topological polar surface area (TPSA) is 74.8 Å². The maximum Gasteiger partial charge on any atom is 0.258 e. The van der Waals surface area contributed by atoms with Crippen molar-refractivity contribution in [1.29, 1.82) is 0 Å². The Balaban J connectivity index is 1.87. The number of carbonyl (C=O) groups is 1. The third-order valence-electron chi connectivity index (χ3n) is 3.72. The number of benzene rings is 2. The fourth-order valence-corrected chi connectivity index (χ4v) is 2.43. The standard InChI is InChI=1S/C18H17N3O2/c1-11(19-14-9-7-13(8-10-14)12(2)22)17-20-16-6-4-3-5-15(16)18(23)21-17/h3-11,19H,1-2H3,(H,20,21,23). The van der Waals surface area contributed by atoms with Crippen LogP contribution in [0.3, 0.4) is 0 Å². The van der Waals surface area contributed by atoms with Crippen molar-refractivity contribution in [1.82, 2.24) is 9.97 Å². The molecule has 1 aromatic heterocycles. The highest BCUT2D eigenvalue weighted by Crippen LogP contribution is 2.18. The average molecular weight is 307 g/mol. The number of nitrogens with zero attached hydrogens (tertiary/aromatic N) is 1. The molecule has 0 amide bonds. The molecule has 0 bridgehead atoms. The molecule has 1 atom stereocenters. The first-order valence-electron chi connectivity index (χ1n) is 7.41. The monoisotopic (exact) mass is 307 g/mol. The van der Waals surface area contributed by atoms with Crippen LogP contribution >= 0.6 is 0 Å². The van der Waals surface area contributed by atoms with Crippen molar-refractivity contribution in [2.75, 3.05) is 5.32 Å². The lowest BCUT2D eigenvalue weighted by molar-refractivity contribution is 0.101. The van der Waals surface area contributed by atoms with Gasteiger partial charge < -0.3 is 10.3 Å². The van der Waals surface area contributed by atoms with Gasteiger partial charge in [0.15, 0.2) is 5.78 Å². The SMILES string of the molecule is CC(=O)c1ccc(NC(C)c2nc3ccccc3c(=O)[nH]2)cc1. The number of hydrogen-bond donors (Lipinski definition) is 2. The van der Waals surface area contributed by atoms with Crippen molar-refractivity contribution < 1.29 is 4.79 Å². The Morgan fingerprint density at radius 1 is 1.13 bits per heavy atom. The number of H-pyrrole nitrogens is 1. The van der Waals surface area contributed by atoms with Gasteiger partial charge in [-0.1, -0.05) is 12.1 Å². The van der Waals surface area contributed by atoms with Gasteiger partial charge in [-0.25, -0.2) is 4.98 Å². The van der Waals surface area contributed by atoms with Gasteiger partial charge in [-0.3, -0.25) is 9.59 Å². The lowest BCUT2D eigenvalue weighted by Crippen LogP contribution is -2.17. The minimum absolute atomic E-state index is 0.0325. The molecule has 1 heterocycles. The Morgan fingerprint density at radius 2 is 1.83 bits per heavy atom. The van der Waals surface area contributed by atoms with Crippen LogP contribution in [0, 0.1) is 0 Å². The van der Waals surface area contributed by atoms with Crippen molar-refractivity contribution in [3.05, 3.63) is 70.3 Å². The second kappa shape index (κ2) is 6.04. The number of ketones is 1. The van der Waals surface area contributed by atoms with Gasteiger partial charge in [-0.05, 0) is 50.2 Å². The van der Waals surface area contributed by atoms with Gasteiger partial charge in [-0.2, -0.15) is 0 Å². The zero-order chi connectivity index (χ0) is 16.4. The summed E-state index contributed by atoms with van der Waals surface area (Å²) in [7, 11) is 0. The van der Waals surface area contributed by atoms with E-state index in [0.717, 1.165) is 5.69 Å². The van der Waals surface area contributed by atoms with Crippen molar-refractivity contribution in [2.45, 2.75) is 19.9 Å². The van der Waals surface area contributed by atoms with Crippen LogP contribution in [0.1, 0.15) is 36.1 Å². The highest BCUT2D eigenvalue weighted by atomic mass is 16.1. The Hall–Kier alpha value is -2.95. The fraction of sp³-hybridized carbons (Fsp3) is 0.167. The minimum Gasteiger partial charge on any atom is -0.375 e. The molecule has 1 unspecified atom stereocenters. The summed E-state index contributed by atoms with van der Waals surface area (Å²) < 4.78 is 0. The molecule has 3 rings (SSSR count). The van der Waals surface area contributed by atoms with E-state index in [4.69, 9.17) is 0 Å². The number of carbonyl (C=O) groups excluding carboxylic acids is 1. The van der Waals surface area contributed by atoms with E-state index in [1.807, 2.05) is 37.3 Å². The van der Waals surface area contributed by atoms with Crippen LogP contribution in [0.15, 0.2) is 53.3 Å². The summed E-state index contributed by atoms with van der Waals surface area (Å²) in [6.45, 7) is 3.46. The summed E-state index contributed by atoms with van der Waals surface area (Å²) in [5, 5.41) is 3.85.